The van der Waals surface area contributed by atoms with Gasteiger partial charge in [-0.05, 0) is 69.8 Å². The molecule has 0 aromatic heterocycles. The summed E-state index contributed by atoms with van der Waals surface area (Å²) < 4.78 is 12.6. The van der Waals surface area contributed by atoms with Crippen LogP contribution in [0.3, 0.4) is 0 Å². The van der Waals surface area contributed by atoms with E-state index >= 15 is 0 Å². The van der Waals surface area contributed by atoms with Gasteiger partial charge < -0.3 is 19.6 Å². The molecule has 0 aliphatic heterocycles. The first-order chi connectivity index (χ1) is 18.9. The van der Waals surface area contributed by atoms with Crippen LogP contribution >= 0.6 is 0 Å². The van der Waals surface area contributed by atoms with E-state index in [2.05, 4.69) is 50.4 Å². The fourth-order valence-corrected chi connectivity index (χ4v) is 9.64. The molecule has 3 amide bonds. The van der Waals surface area contributed by atoms with E-state index in [-0.39, 0.29) is 18.1 Å². The molecule has 0 spiro atoms. The number of ether oxygens (including phenoxy) is 1. The van der Waals surface area contributed by atoms with Crippen LogP contribution in [0.15, 0.2) is 60.7 Å². The highest BCUT2D eigenvalue weighted by Gasteiger charge is 2.50. The highest BCUT2D eigenvalue weighted by Crippen LogP contribution is 2.37. The molecule has 0 aliphatic rings. The zero-order valence-electron chi connectivity index (χ0n) is 26.1. The molecule has 41 heavy (non-hydrogen) atoms. The average Bonchev–Trinajstić information content (AvgIpc) is 2.82. The first-order valence-electron chi connectivity index (χ1n) is 14.2. The maximum Gasteiger partial charge on any atom is 0.414 e. The smallest absolute Gasteiger partial charge is 0.414 e. The van der Waals surface area contributed by atoms with E-state index in [9.17, 15) is 19.5 Å². The highest BCUT2D eigenvalue weighted by atomic mass is 28.4. The van der Waals surface area contributed by atoms with Crippen LogP contribution in [0, 0.1) is 0 Å². The largest absolute Gasteiger partial charge is 0.465 e. The quantitative estimate of drug-likeness (QED) is 0.335. The molecule has 0 saturated heterocycles. The van der Waals surface area contributed by atoms with Crippen molar-refractivity contribution in [3.63, 3.8) is 0 Å². The second-order valence-electron chi connectivity index (χ2n) is 13.4. The van der Waals surface area contributed by atoms with Crippen LogP contribution in [0.2, 0.25) is 5.04 Å². The predicted octanol–water partition coefficient (Wildman–Crippen LogP) is 5.93. The molecule has 0 unspecified atom stereocenters. The number of alkyl carbamates (subject to hydrolysis) is 1. The lowest BCUT2D eigenvalue weighted by Crippen LogP contribution is -2.67. The number of benzene rings is 2. The molecular formula is C32H48N2O6Si. The summed E-state index contributed by atoms with van der Waals surface area (Å²) in [5.74, 6) is -0.478. The Morgan fingerprint density at radius 2 is 1.34 bits per heavy atom. The maximum absolute atomic E-state index is 12.8. The predicted molar refractivity (Wildman–Crippen MR) is 165 cm³/mol. The van der Waals surface area contributed by atoms with E-state index in [0.717, 1.165) is 15.3 Å². The first-order valence-corrected chi connectivity index (χ1v) is 16.1. The minimum atomic E-state index is -2.87. The number of amides is 3. The third-order valence-corrected chi connectivity index (χ3v) is 11.7. The Bertz CT molecular complexity index is 1110. The number of carbonyl (C=O) groups is 3. The second kappa shape index (κ2) is 13.7. The summed E-state index contributed by atoms with van der Waals surface area (Å²) in [6.07, 6.45) is -1.05. The Morgan fingerprint density at radius 1 is 0.854 bits per heavy atom. The summed E-state index contributed by atoms with van der Waals surface area (Å²) in [7, 11) is -2.87. The number of hydrogen-bond donors (Lipinski definition) is 2. The van der Waals surface area contributed by atoms with Crippen molar-refractivity contribution in [1.82, 2.24) is 10.2 Å². The van der Waals surface area contributed by atoms with Gasteiger partial charge in [0.15, 0.2) is 0 Å². The van der Waals surface area contributed by atoms with Gasteiger partial charge >= 0.3 is 12.2 Å². The lowest BCUT2D eigenvalue weighted by Gasteiger charge is -2.43. The summed E-state index contributed by atoms with van der Waals surface area (Å²) in [5.41, 5.74) is -1.54. The standard InChI is InChI=1S/C32H48N2O6Si/c1-30(2,3)34(29(37)38)27(35)22-16-17-24(33-28(36)40-31(4,5)6)23-39-41(32(7,8)9,25-18-12-10-13-19-25)26-20-14-11-15-21-26/h10-15,18-21,24H,16-17,22-23H2,1-9H3,(H,33,36)(H,37,38)/t24-/m0/s1. The molecular weight excluding hydrogens is 536 g/mol. The number of imide groups is 1. The van der Waals surface area contributed by atoms with Crippen LogP contribution in [0.5, 0.6) is 0 Å². The van der Waals surface area contributed by atoms with E-state index in [0.29, 0.717) is 12.8 Å². The molecule has 0 heterocycles. The van der Waals surface area contributed by atoms with Crippen molar-refractivity contribution in [3.8, 4) is 0 Å². The Morgan fingerprint density at radius 3 is 1.73 bits per heavy atom. The molecule has 2 N–H and O–H groups in total. The summed E-state index contributed by atoms with van der Waals surface area (Å²) >= 11 is 0. The summed E-state index contributed by atoms with van der Waals surface area (Å²) in [6, 6.07) is 20.0. The van der Waals surface area contributed by atoms with Gasteiger partial charge in [-0.15, -0.1) is 0 Å². The Hall–Kier alpha value is -3.17. The zero-order chi connectivity index (χ0) is 31.1. The highest BCUT2D eigenvalue weighted by molar-refractivity contribution is 6.99. The van der Waals surface area contributed by atoms with Crippen molar-refractivity contribution in [1.29, 1.82) is 0 Å². The Balaban J connectivity index is 2.38. The molecule has 0 fully saturated rings. The molecule has 0 saturated carbocycles. The molecule has 9 heteroatoms. The molecule has 2 aromatic rings. The van der Waals surface area contributed by atoms with E-state index < -0.39 is 43.6 Å². The average molecular weight is 585 g/mol. The van der Waals surface area contributed by atoms with Gasteiger partial charge in [-0.3, -0.25) is 4.79 Å². The van der Waals surface area contributed by atoms with Crippen LogP contribution in [0.4, 0.5) is 9.59 Å². The van der Waals surface area contributed by atoms with Crippen molar-refractivity contribution in [2.75, 3.05) is 6.61 Å². The van der Waals surface area contributed by atoms with Gasteiger partial charge in [-0.1, -0.05) is 81.4 Å². The van der Waals surface area contributed by atoms with Gasteiger partial charge in [0.1, 0.15) is 5.60 Å². The fraction of sp³-hybridized carbons (Fsp3) is 0.531. The van der Waals surface area contributed by atoms with Gasteiger partial charge in [-0.2, -0.15) is 0 Å². The van der Waals surface area contributed by atoms with Crippen LogP contribution in [-0.2, 0) is 14.0 Å². The lowest BCUT2D eigenvalue weighted by molar-refractivity contribution is -0.133. The number of carboxylic acid groups (broad SMARTS) is 1. The van der Waals surface area contributed by atoms with Gasteiger partial charge in [0.2, 0.25) is 5.91 Å². The minimum absolute atomic E-state index is 0.0231. The number of rotatable bonds is 10. The van der Waals surface area contributed by atoms with Crippen LogP contribution in [0.25, 0.3) is 0 Å². The Kier molecular flexibility index (Phi) is 11.3. The van der Waals surface area contributed by atoms with E-state index in [1.54, 1.807) is 41.5 Å². The molecule has 0 radical (unpaired) electrons. The Labute approximate surface area is 246 Å². The molecule has 1 atom stereocenters. The monoisotopic (exact) mass is 584 g/mol. The van der Waals surface area contributed by atoms with Crippen LogP contribution in [0.1, 0.15) is 81.6 Å². The van der Waals surface area contributed by atoms with E-state index in [1.807, 2.05) is 36.4 Å². The number of hydrogen-bond acceptors (Lipinski definition) is 5. The zero-order valence-corrected chi connectivity index (χ0v) is 27.1. The van der Waals surface area contributed by atoms with Crippen molar-refractivity contribution in [2.24, 2.45) is 0 Å². The van der Waals surface area contributed by atoms with Gasteiger partial charge in [0.25, 0.3) is 8.32 Å². The van der Waals surface area contributed by atoms with E-state index in [1.165, 1.54) is 0 Å². The van der Waals surface area contributed by atoms with E-state index in [4.69, 9.17) is 9.16 Å². The molecule has 8 nitrogen and oxygen atoms in total. The SMILES string of the molecule is CC(C)(C)OC(=O)N[C@@H](CCCC(=O)N(C(=O)O)C(C)(C)C)CO[Si](c1ccccc1)(c1ccccc1)C(C)(C)C. The molecule has 226 valence electrons. The van der Waals surface area contributed by atoms with Crippen molar-refractivity contribution < 1.29 is 28.7 Å². The molecule has 0 bridgehead atoms. The van der Waals surface area contributed by atoms with Gasteiger partial charge in [-0.25, -0.2) is 14.5 Å². The lowest BCUT2D eigenvalue weighted by atomic mass is 10.0. The van der Waals surface area contributed by atoms with Gasteiger partial charge in [0, 0.05) is 12.0 Å². The number of carbonyl (C=O) groups excluding carboxylic acids is 2. The molecule has 2 rings (SSSR count). The fourth-order valence-electron chi connectivity index (χ4n) is 5.04. The minimum Gasteiger partial charge on any atom is -0.465 e. The molecule has 2 aromatic carbocycles. The second-order valence-corrected chi connectivity index (χ2v) is 17.7. The normalized spacial score (nSPS) is 13.3. The third-order valence-electron chi connectivity index (χ3n) is 6.69. The van der Waals surface area contributed by atoms with Crippen molar-refractivity contribution in [3.05, 3.63) is 60.7 Å². The topological polar surface area (TPSA) is 105 Å². The maximum atomic E-state index is 12.8. The summed E-state index contributed by atoms with van der Waals surface area (Å²) in [5, 5.41) is 14.5. The summed E-state index contributed by atoms with van der Waals surface area (Å²) in [6.45, 7) is 17.2. The first kappa shape index (κ1) is 34.0. The van der Waals surface area contributed by atoms with Gasteiger partial charge in [0.05, 0.1) is 12.6 Å². The number of nitrogens with zero attached hydrogens (tertiary/aromatic N) is 1. The van der Waals surface area contributed by atoms with Crippen LogP contribution in [-0.4, -0.2) is 60.2 Å². The van der Waals surface area contributed by atoms with Crippen molar-refractivity contribution in [2.45, 2.75) is 104 Å². The van der Waals surface area contributed by atoms with Crippen molar-refractivity contribution >= 4 is 36.8 Å². The third kappa shape index (κ3) is 9.43. The number of nitrogens with one attached hydrogen (secondary N) is 1. The molecule has 0 aliphatic carbocycles. The summed E-state index contributed by atoms with van der Waals surface area (Å²) in [4.78, 5) is 38.3. The van der Waals surface area contributed by atoms with Crippen LogP contribution < -0.4 is 15.7 Å².